The molecule has 0 N–H and O–H groups in total. The molecule has 0 unspecified atom stereocenters. The smallest absolute Gasteiger partial charge is 0.103 e. The van der Waals surface area contributed by atoms with E-state index in [0.29, 0.717) is 0 Å². The van der Waals surface area contributed by atoms with Crippen LogP contribution in [0.5, 0.6) is 0 Å². The van der Waals surface area contributed by atoms with Gasteiger partial charge in [0.05, 0.1) is 5.69 Å². The van der Waals surface area contributed by atoms with Gasteiger partial charge in [0.15, 0.2) is 0 Å². The lowest BCUT2D eigenvalue weighted by molar-refractivity contribution is 0.878. The van der Waals surface area contributed by atoms with Crippen molar-refractivity contribution in [2.24, 2.45) is 0 Å². The van der Waals surface area contributed by atoms with Crippen molar-refractivity contribution in [2.45, 2.75) is 30.8 Å². The lowest BCUT2D eigenvalue weighted by atomic mass is 10.2. The number of thiazole rings is 1. The van der Waals surface area contributed by atoms with Gasteiger partial charge in [-0.25, -0.2) is 4.98 Å². The number of hydrogen-bond donors (Lipinski definition) is 0. The van der Waals surface area contributed by atoms with Gasteiger partial charge in [-0.1, -0.05) is 29.3 Å². The predicted octanol–water partition coefficient (Wildman–Crippen LogP) is 3.85. The molecule has 0 amide bonds. The molecule has 4 heteroatoms. The first kappa shape index (κ1) is 11.5. The average molecular weight is 280 g/mol. The molecule has 0 bridgehead atoms. The van der Waals surface area contributed by atoms with Crippen LogP contribution in [0.3, 0.4) is 0 Å². The Labute approximate surface area is 96.5 Å². The van der Waals surface area contributed by atoms with Crippen LogP contribution in [0.25, 0.3) is 0 Å². The highest BCUT2D eigenvalue weighted by Crippen LogP contribution is 2.24. The van der Waals surface area contributed by atoms with Gasteiger partial charge in [-0.15, -0.1) is 11.3 Å². The number of rotatable bonds is 5. The van der Waals surface area contributed by atoms with E-state index in [1.807, 2.05) is 23.1 Å². The van der Waals surface area contributed by atoms with Crippen LogP contribution in [0.2, 0.25) is 0 Å². The van der Waals surface area contributed by atoms with E-state index in [0.717, 1.165) is 17.5 Å². The van der Waals surface area contributed by atoms with Crippen molar-refractivity contribution in [3.8, 4) is 0 Å². The fourth-order valence-electron chi connectivity index (χ4n) is 1.16. The Morgan fingerprint density at radius 1 is 1.54 bits per heavy atom. The number of halogens is 1. The molecule has 0 radical (unpaired) electrons. The largest absolute Gasteiger partial charge is 0.245 e. The van der Waals surface area contributed by atoms with Crippen molar-refractivity contribution in [2.75, 3.05) is 6.26 Å². The first-order chi connectivity index (χ1) is 6.31. The van der Waals surface area contributed by atoms with Crippen LogP contribution < -0.4 is 0 Å². The third kappa shape index (κ3) is 3.26. The quantitative estimate of drug-likeness (QED) is 0.760. The maximum Gasteiger partial charge on any atom is 0.103 e. The molecule has 0 aliphatic heterocycles. The molecule has 0 aromatic carbocycles. The van der Waals surface area contributed by atoms with E-state index >= 15 is 0 Å². The molecule has 1 aromatic heterocycles. The second-order valence-electron chi connectivity index (χ2n) is 2.79. The van der Waals surface area contributed by atoms with Crippen molar-refractivity contribution in [1.82, 2.24) is 4.98 Å². The van der Waals surface area contributed by atoms with E-state index in [2.05, 4.69) is 34.1 Å². The van der Waals surface area contributed by atoms with Crippen molar-refractivity contribution in [3.63, 3.8) is 0 Å². The molecule has 0 fully saturated rings. The number of aromatic nitrogens is 1. The van der Waals surface area contributed by atoms with Gasteiger partial charge in [-0.05, 0) is 12.7 Å². The van der Waals surface area contributed by atoms with Crippen LogP contribution in [0.4, 0.5) is 0 Å². The topological polar surface area (TPSA) is 12.9 Å². The van der Waals surface area contributed by atoms with E-state index in [9.17, 15) is 0 Å². The lowest BCUT2D eigenvalue weighted by Gasteiger charge is -1.93. The summed E-state index contributed by atoms with van der Waals surface area (Å²) in [6.07, 6.45) is 4.42. The maximum atomic E-state index is 4.63. The minimum Gasteiger partial charge on any atom is -0.245 e. The minimum absolute atomic E-state index is 0.953. The monoisotopic (exact) mass is 279 g/mol. The Balaban J connectivity index is 2.77. The molecule has 0 atom stereocenters. The fourth-order valence-corrected chi connectivity index (χ4v) is 3.49. The average Bonchev–Trinajstić information content (AvgIpc) is 2.49. The third-order valence-electron chi connectivity index (χ3n) is 1.70. The van der Waals surface area contributed by atoms with Crippen molar-refractivity contribution < 1.29 is 0 Å². The van der Waals surface area contributed by atoms with Crippen molar-refractivity contribution >= 4 is 39.0 Å². The Kier molecular flexibility index (Phi) is 5.36. The highest BCUT2D eigenvalue weighted by molar-refractivity contribution is 9.08. The highest BCUT2D eigenvalue weighted by Gasteiger charge is 2.08. The molecule has 1 aromatic rings. The number of alkyl halides is 1. The van der Waals surface area contributed by atoms with Crippen LogP contribution in [0.15, 0.2) is 0 Å². The maximum absolute atomic E-state index is 4.63. The van der Waals surface area contributed by atoms with Gasteiger partial charge >= 0.3 is 0 Å². The third-order valence-corrected chi connectivity index (χ3v) is 4.47. The molecular weight excluding hydrogens is 266 g/mol. The Hall–Kier alpha value is 0.460. The number of aryl methyl sites for hydroxylation is 1. The van der Waals surface area contributed by atoms with Gasteiger partial charge in [0.25, 0.3) is 0 Å². The minimum atomic E-state index is 0.953. The van der Waals surface area contributed by atoms with E-state index in [-0.39, 0.29) is 0 Å². The summed E-state index contributed by atoms with van der Waals surface area (Å²) < 4.78 is 0. The molecule has 74 valence electrons. The summed E-state index contributed by atoms with van der Waals surface area (Å²) in [5.41, 5.74) is 1.30. The highest BCUT2D eigenvalue weighted by atomic mass is 79.9. The van der Waals surface area contributed by atoms with E-state index < -0.39 is 0 Å². The first-order valence-electron chi connectivity index (χ1n) is 4.34. The summed E-state index contributed by atoms with van der Waals surface area (Å²) in [7, 11) is 0. The van der Waals surface area contributed by atoms with E-state index in [1.165, 1.54) is 22.0 Å². The molecule has 0 saturated heterocycles. The van der Waals surface area contributed by atoms with Crippen LogP contribution in [0.1, 0.15) is 28.9 Å². The van der Waals surface area contributed by atoms with Gasteiger partial charge in [0.1, 0.15) is 5.01 Å². The van der Waals surface area contributed by atoms with Gasteiger partial charge in [0, 0.05) is 16.0 Å². The summed E-state index contributed by atoms with van der Waals surface area (Å²) >= 11 is 7.19. The lowest BCUT2D eigenvalue weighted by Crippen LogP contribution is -1.88. The van der Waals surface area contributed by atoms with Gasteiger partial charge in [-0.3, -0.25) is 0 Å². The molecule has 1 nitrogen and oxygen atoms in total. The van der Waals surface area contributed by atoms with Gasteiger partial charge in [0.2, 0.25) is 0 Å². The molecule has 0 aliphatic rings. The number of nitrogens with zero attached hydrogens (tertiary/aromatic N) is 1. The summed E-state index contributed by atoms with van der Waals surface area (Å²) in [4.78, 5) is 6.04. The van der Waals surface area contributed by atoms with Crippen LogP contribution in [0, 0.1) is 0 Å². The second-order valence-corrected chi connectivity index (χ2v) is 5.39. The molecule has 0 aliphatic carbocycles. The number of thioether (sulfide) groups is 1. The molecule has 0 spiro atoms. The van der Waals surface area contributed by atoms with Gasteiger partial charge in [-0.2, -0.15) is 11.8 Å². The number of hydrogen-bond acceptors (Lipinski definition) is 3. The standard InChI is InChI=1S/C9H14BrNS2/c1-3-4-7-8(5-10)13-9(11-7)6-12-2/h3-6H2,1-2H3. The van der Waals surface area contributed by atoms with E-state index in [4.69, 9.17) is 0 Å². The van der Waals surface area contributed by atoms with E-state index in [1.54, 1.807) is 0 Å². The summed E-state index contributed by atoms with van der Waals surface area (Å²) in [6, 6.07) is 0. The fraction of sp³-hybridized carbons (Fsp3) is 0.667. The van der Waals surface area contributed by atoms with Crippen molar-refractivity contribution in [3.05, 3.63) is 15.6 Å². The zero-order chi connectivity index (χ0) is 9.68. The molecule has 1 heterocycles. The predicted molar refractivity (Wildman–Crippen MR) is 66.0 cm³/mol. The second kappa shape index (κ2) is 6.04. The molecule has 1 rings (SSSR count). The summed E-state index contributed by atoms with van der Waals surface area (Å²) in [5, 5.41) is 2.22. The SMILES string of the molecule is CCCc1nc(CSC)sc1CBr. The van der Waals surface area contributed by atoms with Crippen LogP contribution >= 0.6 is 39.0 Å². The summed E-state index contributed by atoms with van der Waals surface area (Å²) in [6.45, 7) is 2.20. The van der Waals surface area contributed by atoms with Crippen LogP contribution in [-0.4, -0.2) is 11.2 Å². The zero-order valence-electron chi connectivity index (χ0n) is 7.97. The van der Waals surface area contributed by atoms with Crippen LogP contribution in [-0.2, 0) is 17.5 Å². The summed E-state index contributed by atoms with van der Waals surface area (Å²) in [5.74, 6) is 1.05. The molecular formula is C9H14BrNS2. The van der Waals surface area contributed by atoms with Crippen molar-refractivity contribution in [1.29, 1.82) is 0 Å². The Morgan fingerprint density at radius 3 is 2.85 bits per heavy atom. The molecule has 0 saturated carbocycles. The molecule has 13 heavy (non-hydrogen) atoms. The first-order valence-corrected chi connectivity index (χ1v) is 7.67. The normalized spacial score (nSPS) is 10.7. The Bertz CT molecular complexity index is 260. The Morgan fingerprint density at radius 2 is 2.31 bits per heavy atom. The zero-order valence-corrected chi connectivity index (χ0v) is 11.2. The van der Waals surface area contributed by atoms with Gasteiger partial charge < -0.3 is 0 Å².